The number of para-hydroxylation sites is 1. The van der Waals surface area contributed by atoms with Gasteiger partial charge in [0.1, 0.15) is 0 Å². The lowest BCUT2D eigenvalue weighted by atomic mass is 10.1. The first kappa shape index (κ1) is 15.5. The van der Waals surface area contributed by atoms with Gasteiger partial charge in [0.2, 0.25) is 0 Å². The lowest BCUT2D eigenvalue weighted by Crippen LogP contribution is -2.24. The van der Waals surface area contributed by atoms with E-state index in [1.807, 2.05) is 0 Å². The summed E-state index contributed by atoms with van der Waals surface area (Å²) in [5.41, 5.74) is 4.83. The summed E-state index contributed by atoms with van der Waals surface area (Å²) in [6.07, 6.45) is 0. The van der Waals surface area contributed by atoms with Crippen LogP contribution in [0.3, 0.4) is 0 Å². The van der Waals surface area contributed by atoms with Crippen LogP contribution in [0, 0.1) is 6.92 Å². The van der Waals surface area contributed by atoms with Crippen molar-refractivity contribution in [3.05, 3.63) is 59.4 Å². The average Bonchev–Trinajstić information content (AvgIpc) is 2.52. The van der Waals surface area contributed by atoms with Crippen LogP contribution in [0.15, 0.2) is 42.5 Å². The fourth-order valence-corrected chi connectivity index (χ4v) is 2.45. The first-order valence-corrected chi connectivity index (χ1v) is 7.70. The van der Waals surface area contributed by atoms with E-state index in [1.165, 1.54) is 11.3 Å². The molecule has 2 rings (SSSR count). The van der Waals surface area contributed by atoms with Crippen LogP contribution in [0.4, 0.5) is 5.69 Å². The smallest absolute Gasteiger partial charge is 0.0602 e. The highest BCUT2D eigenvalue weighted by Crippen LogP contribution is 2.20. The molecule has 0 unspecified atom stereocenters. The molecular weight excluding hydrogens is 258 g/mol. The third kappa shape index (κ3) is 4.30. The highest BCUT2D eigenvalue weighted by molar-refractivity contribution is 5.53. The van der Waals surface area contributed by atoms with Crippen LogP contribution in [0.2, 0.25) is 0 Å². The van der Waals surface area contributed by atoms with Crippen molar-refractivity contribution in [1.82, 2.24) is 10.3 Å². The highest BCUT2D eigenvalue weighted by atomic mass is 15.1. The number of aryl methyl sites for hydroxylation is 1. The normalized spacial score (nSPS) is 10.6. The van der Waals surface area contributed by atoms with Crippen LogP contribution in [0.25, 0.3) is 0 Å². The van der Waals surface area contributed by atoms with Gasteiger partial charge in [-0.25, -0.2) is 0 Å². The Morgan fingerprint density at radius 2 is 1.76 bits per heavy atom. The number of benzene rings is 1. The van der Waals surface area contributed by atoms with E-state index in [0.29, 0.717) is 0 Å². The molecule has 0 saturated carbocycles. The summed E-state index contributed by atoms with van der Waals surface area (Å²) in [6.45, 7) is 10.1. The second kappa shape index (κ2) is 7.79. The molecule has 0 amide bonds. The Hall–Kier alpha value is -1.87. The fourth-order valence-electron chi connectivity index (χ4n) is 2.45. The van der Waals surface area contributed by atoms with E-state index in [0.717, 1.165) is 37.6 Å². The minimum absolute atomic E-state index is 0.834. The standard InChI is InChI=1S/C18H25N3/c1-4-19-13-16-10-8-11-17(20-16)14-21(5-2)18-12-7-6-9-15(18)3/h6-12,19H,4-5,13-14H2,1-3H3. The number of nitrogens with zero attached hydrogens (tertiary/aromatic N) is 2. The Labute approximate surface area is 128 Å². The molecule has 3 nitrogen and oxygen atoms in total. The molecule has 3 heteroatoms. The van der Waals surface area contributed by atoms with E-state index >= 15 is 0 Å². The Balaban J connectivity index is 2.13. The van der Waals surface area contributed by atoms with Gasteiger partial charge in [0.15, 0.2) is 0 Å². The van der Waals surface area contributed by atoms with Gasteiger partial charge in [-0.1, -0.05) is 31.2 Å². The second-order valence-electron chi connectivity index (χ2n) is 5.20. The van der Waals surface area contributed by atoms with E-state index in [9.17, 15) is 0 Å². The van der Waals surface area contributed by atoms with Crippen molar-refractivity contribution in [2.24, 2.45) is 0 Å². The number of nitrogens with one attached hydrogen (secondary N) is 1. The van der Waals surface area contributed by atoms with Crippen molar-refractivity contribution >= 4 is 5.69 Å². The molecule has 2 aromatic rings. The molecule has 0 aliphatic heterocycles. The molecule has 0 aliphatic carbocycles. The summed E-state index contributed by atoms with van der Waals surface area (Å²) in [7, 11) is 0. The van der Waals surface area contributed by atoms with Gasteiger partial charge in [0.05, 0.1) is 17.9 Å². The molecular formula is C18H25N3. The average molecular weight is 283 g/mol. The van der Waals surface area contributed by atoms with Crippen LogP contribution < -0.4 is 10.2 Å². The summed E-state index contributed by atoms with van der Waals surface area (Å²) in [4.78, 5) is 7.12. The molecule has 0 saturated heterocycles. The highest BCUT2D eigenvalue weighted by Gasteiger charge is 2.08. The van der Waals surface area contributed by atoms with Gasteiger partial charge in [-0.3, -0.25) is 4.98 Å². The van der Waals surface area contributed by atoms with Gasteiger partial charge in [0.25, 0.3) is 0 Å². The Morgan fingerprint density at radius 3 is 2.48 bits per heavy atom. The summed E-state index contributed by atoms with van der Waals surface area (Å²) in [6, 6.07) is 14.8. The molecule has 1 N–H and O–H groups in total. The van der Waals surface area contributed by atoms with Crippen molar-refractivity contribution in [3.8, 4) is 0 Å². The van der Waals surface area contributed by atoms with E-state index in [-0.39, 0.29) is 0 Å². The lowest BCUT2D eigenvalue weighted by Gasteiger charge is -2.24. The first-order chi connectivity index (χ1) is 10.2. The Morgan fingerprint density at radius 1 is 1.00 bits per heavy atom. The van der Waals surface area contributed by atoms with Gasteiger partial charge < -0.3 is 10.2 Å². The fraction of sp³-hybridized carbons (Fsp3) is 0.389. The van der Waals surface area contributed by atoms with Crippen LogP contribution in [-0.4, -0.2) is 18.1 Å². The molecule has 0 radical (unpaired) electrons. The summed E-state index contributed by atoms with van der Waals surface area (Å²) in [5, 5.41) is 3.32. The number of rotatable bonds is 7. The number of pyridine rings is 1. The van der Waals surface area contributed by atoms with Gasteiger partial charge in [-0.05, 0) is 44.2 Å². The monoisotopic (exact) mass is 283 g/mol. The zero-order valence-electron chi connectivity index (χ0n) is 13.3. The van der Waals surface area contributed by atoms with Crippen molar-refractivity contribution in [1.29, 1.82) is 0 Å². The zero-order valence-corrected chi connectivity index (χ0v) is 13.3. The molecule has 112 valence electrons. The predicted octanol–water partition coefficient (Wildman–Crippen LogP) is 3.53. The molecule has 1 heterocycles. The Bertz CT molecular complexity index is 566. The summed E-state index contributed by atoms with van der Waals surface area (Å²) < 4.78 is 0. The van der Waals surface area contributed by atoms with E-state index in [1.54, 1.807) is 0 Å². The number of hydrogen-bond donors (Lipinski definition) is 1. The van der Waals surface area contributed by atoms with Crippen LogP contribution in [0.1, 0.15) is 30.8 Å². The quantitative estimate of drug-likeness (QED) is 0.842. The first-order valence-electron chi connectivity index (χ1n) is 7.70. The molecule has 0 fully saturated rings. The van der Waals surface area contributed by atoms with Crippen LogP contribution in [-0.2, 0) is 13.1 Å². The van der Waals surface area contributed by atoms with Gasteiger partial charge in [-0.2, -0.15) is 0 Å². The third-order valence-electron chi connectivity index (χ3n) is 3.61. The van der Waals surface area contributed by atoms with Crippen molar-refractivity contribution in [2.75, 3.05) is 18.0 Å². The van der Waals surface area contributed by atoms with Gasteiger partial charge in [-0.15, -0.1) is 0 Å². The van der Waals surface area contributed by atoms with E-state index in [4.69, 9.17) is 4.98 Å². The van der Waals surface area contributed by atoms with Crippen LogP contribution >= 0.6 is 0 Å². The van der Waals surface area contributed by atoms with Gasteiger partial charge in [0, 0.05) is 18.8 Å². The summed E-state index contributed by atoms with van der Waals surface area (Å²) in [5.74, 6) is 0. The van der Waals surface area contributed by atoms with Gasteiger partial charge >= 0.3 is 0 Å². The zero-order chi connectivity index (χ0) is 15.1. The molecule has 0 spiro atoms. The molecule has 0 aliphatic rings. The van der Waals surface area contributed by atoms with Crippen molar-refractivity contribution in [3.63, 3.8) is 0 Å². The topological polar surface area (TPSA) is 28.2 Å². The predicted molar refractivity (Wildman–Crippen MR) is 89.5 cm³/mol. The molecule has 1 aromatic heterocycles. The molecule has 1 aromatic carbocycles. The number of anilines is 1. The number of aromatic nitrogens is 1. The second-order valence-corrected chi connectivity index (χ2v) is 5.20. The van der Waals surface area contributed by atoms with E-state index in [2.05, 4.69) is 73.5 Å². The number of hydrogen-bond acceptors (Lipinski definition) is 3. The lowest BCUT2D eigenvalue weighted by molar-refractivity contribution is 0.702. The maximum absolute atomic E-state index is 4.75. The SMILES string of the molecule is CCNCc1cccc(CN(CC)c2ccccc2C)n1. The Kier molecular flexibility index (Phi) is 5.76. The van der Waals surface area contributed by atoms with E-state index < -0.39 is 0 Å². The minimum atomic E-state index is 0.834. The van der Waals surface area contributed by atoms with Crippen LogP contribution in [0.5, 0.6) is 0 Å². The largest absolute Gasteiger partial charge is 0.366 e. The minimum Gasteiger partial charge on any atom is -0.366 e. The maximum atomic E-state index is 4.75. The summed E-state index contributed by atoms with van der Waals surface area (Å²) >= 11 is 0. The maximum Gasteiger partial charge on any atom is 0.0602 e. The van der Waals surface area contributed by atoms with Crippen molar-refractivity contribution < 1.29 is 0 Å². The third-order valence-corrected chi connectivity index (χ3v) is 3.61. The van der Waals surface area contributed by atoms with Crippen molar-refractivity contribution in [2.45, 2.75) is 33.9 Å². The molecule has 21 heavy (non-hydrogen) atoms. The molecule has 0 bridgehead atoms. The molecule has 0 atom stereocenters.